The summed E-state index contributed by atoms with van der Waals surface area (Å²) in [6.07, 6.45) is 3.58. The molecule has 106 valence electrons. The molecule has 1 aromatic heterocycles. The second kappa shape index (κ2) is 6.60. The number of rotatable bonds is 8. The number of nitrogens with one attached hydrogen (secondary N) is 2. The number of carbonyl (C=O) groups is 1. The summed E-state index contributed by atoms with van der Waals surface area (Å²) in [6, 6.07) is 0.436. The first kappa shape index (κ1) is 13.9. The summed E-state index contributed by atoms with van der Waals surface area (Å²) >= 11 is 1.28. The summed E-state index contributed by atoms with van der Waals surface area (Å²) in [7, 11) is 0. The number of nitrogens with zero attached hydrogens (tertiary/aromatic N) is 1. The van der Waals surface area contributed by atoms with Crippen molar-refractivity contribution in [1.82, 2.24) is 9.69 Å². The zero-order valence-corrected chi connectivity index (χ0v) is 11.9. The van der Waals surface area contributed by atoms with Gasteiger partial charge in [0.1, 0.15) is 0 Å². The fraction of sp³-hybridized carbons (Fsp3) is 0.667. The van der Waals surface area contributed by atoms with Gasteiger partial charge in [0.25, 0.3) is 0 Å². The lowest BCUT2D eigenvalue weighted by molar-refractivity contribution is -0.121. The van der Waals surface area contributed by atoms with Crippen LogP contribution in [0.15, 0.2) is 0 Å². The quantitative estimate of drug-likeness (QED) is 0.631. The van der Waals surface area contributed by atoms with Crippen LogP contribution in [0.1, 0.15) is 32.6 Å². The van der Waals surface area contributed by atoms with Gasteiger partial charge in [-0.05, 0) is 37.7 Å². The molecule has 4 N–H and O–H groups in total. The molecule has 7 heteroatoms. The number of hydrogen-bond acceptors (Lipinski definition) is 6. The third-order valence-corrected chi connectivity index (χ3v) is 3.57. The SMILES string of the molecule is CCOc1c(N)nsc1NCCCC(=O)NC1CC1. The van der Waals surface area contributed by atoms with Crippen molar-refractivity contribution >= 4 is 28.3 Å². The fourth-order valence-corrected chi connectivity index (χ4v) is 2.35. The van der Waals surface area contributed by atoms with Gasteiger partial charge in [0, 0.05) is 19.0 Å². The molecule has 0 atom stereocenters. The summed E-state index contributed by atoms with van der Waals surface area (Å²) in [4.78, 5) is 11.5. The average molecular weight is 284 g/mol. The first-order valence-electron chi connectivity index (χ1n) is 6.62. The van der Waals surface area contributed by atoms with Gasteiger partial charge in [0.05, 0.1) is 6.61 Å². The van der Waals surface area contributed by atoms with Crippen molar-refractivity contribution < 1.29 is 9.53 Å². The Balaban J connectivity index is 1.68. The van der Waals surface area contributed by atoms with Crippen LogP contribution in [0.3, 0.4) is 0 Å². The third kappa shape index (κ3) is 4.27. The molecule has 0 bridgehead atoms. The van der Waals surface area contributed by atoms with E-state index in [-0.39, 0.29) is 5.91 Å². The Morgan fingerprint density at radius 1 is 1.58 bits per heavy atom. The van der Waals surface area contributed by atoms with E-state index in [1.165, 1.54) is 11.5 Å². The van der Waals surface area contributed by atoms with Gasteiger partial charge in [-0.3, -0.25) is 4.79 Å². The molecule has 0 aliphatic heterocycles. The molecule has 0 aromatic carbocycles. The number of carbonyl (C=O) groups excluding carboxylic acids is 1. The second-order valence-corrected chi connectivity index (χ2v) is 5.30. The van der Waals surface area contributed by atoms with E-state index < -0.39 is 0 Å². The molecule has 0 saturated heterocycles. The Morgan fingerprint density at radius 2 is 2.37 bits per heavy atom. The van der Waals surface area contributed by atoms with Crippen LogP contribution in [-0.4, -0.2) is 29.5 Å². The van der Waals surface area contributed by atoms with E-state index >= 15 is 0 Å². The highest BCUT2D eigenvalue weighted by atomic mass is 32.1. The lowest BCUT2D eigenvalue weighted by atomic mass is 10.3. The lowest BCUT2D eigenvalue weighted by Crippen LogP contribution is -2.25. The minimum atomic E-state index is 0.137. The van der Waals surface area contributed by atoms with E-state index in [9.17, 15) is 4.79 Å². The monoisotopic (exact) mass is 284 g/mol. The molecular formula is C12H20N4O2S. The Labute approximate surface area is 116 Å². The van der Waals surface area contributed by atoms with E-state index in [0.717, 1.165) is 24.3 Å². The summed E-state index contributed by atoms with van der Waals surface area (Å²) in [6.45, 7) is 3.17. The van der Waals surface area contributed by atoms with Crippen LogP contribution in [0.5, 0.6) is 5.75 Å². The molecule has 1 fully saturated rings. The van der Waals surface area contributed by atoms with Crippen molar-refractivity contribution in [3.8, 4) is 5.75 Å². The minimum Gasteiger partial charge on any atom is -0.487 e. The molecule has 2 rings (SSSR count). The van der Waals surface area contributed by atoms with Crippen molar-refractivity contribution in [3.05, 3.63) is 0 Å². The number of nitrogen functional groups attached to an aromatic ring is 1. The molecule has 1 heterocycles. The maximum atomic E-state index is 11.5. The maximum absolute atomic E-state index is 11.5. The van der Waals surface area contributed by atoms with Gasteiger partial charge < -0.3 is 21.1 Å². The first-order valence-corrected chi connectivity index (χ1v) is 7.39. The molecule has 1 aliphatic rings. The van der Waals surface area contributed by atoms with E-state index in [4.69, 9.17) is 10.5 Å². The molecule has 1 saturated carbocycles. The molecule has 6 nitrogen and oxygen atoms in total. The molecule has 1 aliphatic carbocycles. The van der Waals surface area contributed by atoms with Crippen molar-refractivity contribution in [2.45, 2.75) is 38.6 Å². The van der Waals surface area contributed by atoms with Crippen LogP contribution < -0.4 is 21.1 Å². The van der Waals surface area contributed by atoms with Crippen molar-refractivity contribution in [3.63, 3.8) is 0 Å². The van der Waals surface area contributed by atoms with Crippen molar-refractivity contribution in [1.29, 1.82) is 0 Å². The van der Waals surface area contributed by atoms with Gasteiger partial charge in [-0.25, -0.2) is 0 Å². The second-order valence-electron chi connectivity index (χ2n) is 4.53. The molecule has 19 heavy (non-hydrogen) atoms. The Bertz CT molecular complexity index is 431. The highest BCUT2D eigenvalue weighted by Crippen LogP contribution is 2.34. The topological polar surface area (TPSA) is 89.3 Å². The van der Waals surface area contributed by atoms with E-state index in [1.807, 2.05) is 6.92 Å². The molecule has 1 aromatic rings. The van der Waals surface area contributed by atoms with Gasteiger partial charge in [0.2, 0.25) is 5.91 Å². The largest absolute Gasteiger partial charge is 0.487 e. The van der Waals surface area contributed by atoms with Crippen LogP contribution in [0.2, 0.25) is 0 Å². The molecular weight excluding hydrogens is 264 g/mol. The number of aromatic nitrogens is 1. The zero-order valence-electron chi connectivity index (χ0n) is 11.1. The zero-order chi connectivity index (χ0) is 13.7. The number of anilines is 2. The van der Waals surface area contributed by atoms with E-state index in [0.29, 0.717) is 37.2 Å². The van der Waals surface area contributed by atoms with E-state index in [1.54, 1.807) is 0 Å². The third-order valence-electron chi connectivity index (χ3n) is 2.77. The summed E-state index contributed by atoms with van der Waals surface area (Å²) in [5.74, 6) is 1.17. The Kier molecular flexibility index (Phi) is 4.84. The van der Waals surface area contributed by atoms with Crippen LogP contribution in [0.4, 0.5) is 10.8 Å². The van der Waals surface area contributed by atoms with Gasteiger partial charge in [-0.15, -0.1) is 0 Å². The van der Waals surface area contributed by atoms with Gasteiger partial charge in [-0.2, -0.15) is 4.37 Å². The van der Waals surface area contributed by atoms with Crippen molar-refractivity contribution in [2.75, 3.05) is 24.2 Å². The number of hydrogen-bond donors (Lipinski definition) is 3. The highest BCUT2D eigenvalue weighted by molar-refractivity contribution is 7.11. The van der Waals surface area contributed by atoms with Gasteiger partial charge >= 0.3 is 0 Å². The summed E-state index contributed by atoms with van der Waals surface area (Å²) < 4.78 is 9.48. The first-order chi connectivity index (χ1) is 9.20. The Morgan fingerprint density at radius 3 is 3.05 bits per heavy atom. The number of amides is 1. The predicted molar refractivity (Wildman–Crippen MR) is 76.6 cm³/mol. The summed E-state index contributed by atoms with van der Waals surface area (Å²) in [5, 5.41) is 7.02. The number of ether oxygens (including phenoxy) is 1. The van der Waals surface area contributed by atoms with E-state index in [2.05, 4.69) is 15.0 Å². The Hall–Kier alpha value is -1.50. The average Bonchev–Trinajstić information content (AvgIpc) is 3.13. The van der Waals surface area contributed by atoms with Crippen LogP contribution >= 0.6 is 11.5 Å². The predicted octanol–water partition coefficient (Wildman–Crippen LogP) is 1.59. The smallest absolute Gasteiger partial charge is 0.220 e. The minimum absolute atomic E-state index is 0.137. The number of nitrogens with two attached hydrogens (primary N) is 1. The van der Waals surface area contributed by atoms with Crippen molar-refractivity contribution in [2.24, 2.45) is 0 Å². The van der Waals surface area contributed by atoms with Crippen LogP contribution in [-0.2, 0) is 4.79 Å². The van der Waals surface area contributed by atoms with Gasteiger partial charge in [0.15, 0.2) is 16.6 Å². The standard InChI is InChI=1S/C12H20N4O2S/c1-2-18-10-11(13)16-19-12(10)14-7-3-4-9(17)15-8-5-6-8/h8,14H,2-7H2,1H3,(H2,13,16)(H,15,17). The molecule has 1 amide bonds. The molecule has 0 spiro atoms. The summed E-state index contributed by atoms with van der Waals surface area (Å²) in [5.41, 5.74) is 5.71. The highest BCUT2D eigenvalue weighted by Gasteiger charge is 2.22. The van der Waals surface area contributed by atoms with Crippen LogP contribution in [0.25, 0.3) is 0 Å². The molecule has 0 unspecified atom stereocenters. The fourth-order valence-electron chi connectivity index (χ4n) is 1.67. The molecule has 0 radical (unpaired) electrons. The maximum Gasteiger partial charge on any atom is 0.220 e. The lowest BCUT2D eigenvalue weighted by Gasteiger charge is -2.07. The van der Waals surface area contributed by atoms with Crippen LogP contribution in [0, 0.1) is 0 Å². The normalized spacial score (nSPS) is 14.2. The van der Waals surface area contributed by atoms with Gasteiger partial charge in [-0.1, -0.05) is 0 Å².